The number of likely N-dealkylation sites (N-methyl/N-ethyl adjacent to an activating group) is 1. The second kappa shape index (κ2) is 9.99. The van der Waals surface area contributed by atoms with Gasteiger partial charge >= 0.3 is 5.97 Å². The van der Waals surface area contributed by atoms with Crippen molar-refractivity contribution in [2.75, 3.05) is 20.2 Å². The molecule has 3 aromatic rings. The molecule has 2 aliphatic carbocycles. The van der Waals surface area contributed by atoms with E-state index < -0.39 is 11.6 Å². The van der Waals surface area contributed by atoms with Gasteiger partial charge in [0.1, 0.15) is 18.5 Å². The second-order valence-electron chi connectivity index (χ2n) is 9.13. The van der Waals surface area contributed by atoms with Crippen LogP contribution in [0.25, 0.3) is 0 Å². The third kappa shape index (κ3) is 4.52. The average Bonchev–Trinajstić information content (AvgIpc) is 3.64. The smallest absolute Gasteiger partial charge is 0.349 e. The van der Waals surface area contributed by atoms with Crippen molar-refractivity contribution in [1.29, 1.82) is 0 Å². The van der Waals surface area contributed by atoms with Crippen LogP contribution in [-0.4, -0.2) is 48.3 Å². The van der Waals surface area contributed by atoms with Gasteiger partial charge in [-0.25, -0.2) is 4.79 Å². The third-order valence-corrected chi connectivity index (χ3v) is 9.36. The Hall–Kier alpha value is -1.90. The molecular formula is C26H28ClNO4S2. The van der Waals surface area contributed by atoms with Crippen LogP contribution in [0.1, 0.15) is 29.0 Å². The quantitative estimate of drug-likeness (QED) is 0.384. The largest absolute Gasteiger partial charge is 0.492 e. The number of benzene rings is 1. The van der Waals surface area contributed by atoms with E-state index in [0.29, 0.717) is 33.3 Å². The van der Waals surface area contributed by atoms with Crippen molar-refractivity contribution >= 4 is 40.2 Å². The summed E-state index contributed by atoms with van der Waals surface area (Å²) in [6.07, 6.45) is 2.92. The predicted octanol–water partition coefficient (Wildman–Crippen LogP) is 5.42. The molecule has 0 saturated heterocycles. The van der Waals surface area contributed by atoms with E-state index in [1.54, 1.807) is 12.1 Å². The molecule has 0 aliphatic heterocycles. The van der Waals surface area contributed by atoms with Crippen LogP contribution in [-0.2, 0) is 15.1 Å². The maximum atomic E-state index is 13.5. The normalized spacial score (nSPS) is 24.0. The molecule has 2 saturated carbocycles. The number of fused-ring (bicyclic) bond motifs is 2. The first-order valence-electron chi connectivity index (χ1n) is 11.6. The summed E-state index contributed by atoms with van der Waals surface area (Å²) >= 11 is 8.78. The number of hydrogen-bond donors (Lipinski definition) is 1. The molecule has 34 heavy (non-hydrogen) atoms. The van der Waals surface area contributed by atoms with Crippen molar-refractivity contribution in [2.24, 2.45) is 11.8 Å². The predicted molar refractivity (Wildman–Crippen MR) is 136 cm³/mol. The molecule has 2 aliphatic rings. The fraction of sp³-hybridized carbons (Fsp3) is 0.423. The molecular weight excluding hydrogens is 490 g/mol. The molecule has 2 fully saturated rings. The lowest BCUT2D eigenvalue weighted by Crippen LogP contribution is -2.42. The van der Waals surface area contributed by atoms with E-state index in [1.807, 2.05) is 47.2 Å². The van der Waals surface area contributed by atoms with Crippen LogP contribution in [0.2, 0.25) is 5.02 Å². The number of nitrogens with zero attached hydrogens (tertiary/aromatic N) is 1. The van der Waals surface area contributed by atoms with Gasteiger partial charge in [-0.1, -0.05) is 29.8 Å². The molecule has 180 valence electrons. The van der Waals surface area contributed by atoms with Crippen molar-refractivity contribution in [3.8, 4) is 5.75 Å². The molecule has 1 aromatic carbocycles. The highest BCUT2D eigenvalue weighted by Crippen LogP contribution is 2.49. The molecule has 0 radical (unpaired) electrons. The number of carbonyl (C=O) groups excluding carboxylic acids is 1. The summed E-state index contributed by atoms with van der Waals surface area (Å²) in [4.78, 5) is 17.0. The fourth-order valence-corrected chi connectivity index (χ4v) is 7.35. The van der Waals surface area contributed by atoms with E-state index in [4.69, 9.17) is 21.1 Å². The van der Waals surface area contributed by atoms with Gasteiger partial charge < -0.3 is 14.6 Å². The topological polar surface area (TPSA) is 59.0 Å². The van der Waals surface area contributed by atoms with E-state index in [0.717, 1.165) is 31.6 Å². The number of hydrogen-bond acceptors (Lipinski definition) is 7. The van der Waals surface area contributed by atoms with Crippen molar-refractivity contribution in [1.82, 2.24) is 4.90 Å². The molecule has 0 spiro atoms. The summed E-state index contributed by atoms with van der Waals surface area (Å²) in [7, 11) is 2.11. The molecule has 1 N–H and O–H groups in total. The Bertz CT molecular complexity index is 1070. The highest BCUT2D eigenvalue weighted by molar-refractivity contribution is 7.12. The average molecular weight is 518 g/mol. The van der Waals surface area contributed by atoms with Crippen LogP contribution in [0.3, 0.4) is 0 Å². The minimum absolute atomic E-state index is 0.166. The van der Waals surface area contributed by atoms with Crippen LogP contribution in [0, 0.1) is 11.8 Å². The Balaban J connectivity index is 1.23. The van der Waals surface area contributed by atoms with Crippen molar-refractivity contribution < 1.29 is 19.4 Å². The van der Waals surface area contributed by atoms with Crippen LogP contribution in [0.4, 0.5) is 0 Å². The van der Waals surface area contributed by atoms with E-state index in [-0.39, 0.29) is 12.0 Å². The SMILES string of the molecule is CN(CCOc1cccc(Cl)c1)C1CC2CCC1C2OC(=O)C(O)(c1cccs1)c1cccs1. The van der Waals surface area contributed by atoms with Crippen LogP contribution in [0.5, 0.6) is 5.75 Å². The zero-order valence-corrected chi connectivity index (χ0v) is 21.3. The Morgan fingerprint density at radius 3 is 2.53 bits per heavy atom. The Kier molecular flexibility index (Phi) is 7.00. The van der Waals surface area contributed by atoms with Gasteiger partial charge in [0.25, 0.3) is 0 Å². The number of aliphatic hydroxyl groups is 1. The van der Waals surface area contributed by atoms with Gasteiger partial charge in [0.2, 0.25) is 5.60 Å². The van der Waals surface area contributed by atoms with Gasteiger partial charge in [0, 0.05) is 23.5 Å². The van der Waals surface area contributed by atoms with Gasteiger partial charge in [-0.3, -0.25) is 4.90 Å². The number of carbonyl (C=O) groups is 1. The van der Waals surface area contributed by atoms with Gasteiger partial charge in [0.15, 0.2) is 0 Å². The molecule has 2 bridgehead atoms. The molecule has 0 amide bonds. The molecule has 2 aromatic heterocycles. The minimum atomic E-state index is -1.75. The Labute approximate surface area is 212 Å². The zero-order valence-electron chi connectivity index (χ0n) is 18.9. The fourth-order valence-electron chi connectivity index (χ4n) is 5.45. The maximum absolute atomic E-state index is 13.5. The molecule has 5 nitrogen and oxygen atoms in total. The summed E-state index contributed by atoms with van der Waals surface area (Å²) in [6, 6.07) is 15.0. The van der Waals surface area contributed by atoms with E-state index in [9.17, 15) is 9.90 Å². The van der Waals surface area contributed by atoms with Crippen molar-refractivity contribution in [3.05, 3.63) is 74.1 Å². The molecule has 2 heterocycles. The lowest BCUT2D eigenvalue weighted by molar-refractivity contribution is -0.170. The lowest BCUT2D eigenvalue weighted by Gasteiger charge is -2.32. The van der Waals surface area contributed by atoms with Crippen LogP contribution >= 0.6 is 34.3 Å². The summed E-state index contributed by atoms with van der Waals surface area (Å²) in [5.74, 6) is 0.793. The standard InChI is InChI=1S/C26H28ClNO4S2/c1-28(11-12-31-19-6-2-5-18(27)16-19)21-15-17-9-10-20(21)24(17)32-25(29)26(30,22-7-3-13-33-22)23-8-4-14-34-23/h2-8,13-14,16-17,20-21,24,30H,9-12,15H2,1H3. The van der Waals surface area contributed by atoms with E-state index in [1.165, 1.54) is 22.7 Å². The van der Waals surface area contributed by atoms with Gasteiger partial charge in [0.05, 0.1) is 9.75 Å². The highest BCUT2D eigenvalue weighted by atomic mass is 35.5. The zero-order chi connectivity index (χ0) is 23.7. The number of halogens is 1. The number of ether oxygens (including phenoxy) is 2. The number of esters is 1. The van der Waals surface area contributed by atoms with E-state index in [2.05, 4.69) is 11.9 Å². The first-order valence-corrected chi connectivity index (χ1v) is 13.7. The summed E-state index contributed by atoms with van der Waals surface area (Å²) < 4.78 is 12.0. The van der Waals surface area contributed by atoms with Gasteiger partial charge in [-0.2, -0.15) is 0 Å². The maximum Gasteiger partial charge on any atom is 0.349 e. The molecule has 8 heteroatoms. The molecule has 4 unspecified atom stereocenters. The molecule has 5 rings (SSSR count). The summed E-state index contributed by atoms with van der Waals surface area (Å²) in [5, 5.41) is 16.0. The number of thiophene rings is 2. The van der Waals surface area contributed by atoms with Crippen LogP contribution in [0.15, 0.2) is 59.3 Å². The molecule has 4 atom stereocenters. The second-order valence-corrected chi connectivity index (χ2v) is 11.5. The Morgan fingerprint density at radius 1 is 1.15 bits per heavy atom. The Morgan fingerprint density at radius 2 is 1.88 bits per heavy atom. The first-order chi connectivity index (χ1) is 16.5. The third-order valence-electron chi connectivity index (χ3n) is 7.16. The van der Waals surface area contributed by atoms with Gasteiger partial charge in [-0.05, 0) is 73.3 Å². The summed E-state index contributed by atoms with van der Waals surface area (Å²) in [6.45, 7) is 1.33. The monoisotopic (exact) mass is 517 g/mol. The highest BCUT2D eigenvalue weighted by Gasteiger charge is 2.54. The van der Waals surface area contributed by atoms with Gasteiger partial charge in [-0.15, -0.1) is 22.7 Å². The lowest BCUT2D eigenvalue weighted by atomic mass is 9.94. The summed E-state index contributed by atoms with van der Waals surface area (Å²) in [5.41, 5.74) is -1.75. The van der Waals surface area contributed by atoms with Crippen LogP contribution < -0.4 is 4.74 Å². The minimum Gasteiger partial charge on any atom is -0.492 e. The van der Waals surface area contributed by atoms with Crippen molar-refractivity contribution in [3.63, 3.8) is 0 Å². The van der Waals surface area contributed by atoms with E-state index >= 15 is 0 Å². The first kappa shape index (κ1) is 23.8. The number of rotatable bonds is 9. The van der Waals surface area contributed by atoms with Crippen molar-refractivity contribution in [2.45, 2.75) is 37.0 Å².